The number of allylic oxidation sites excluding steroid dienone is 4. The van der Waals surface area contributed by atoms with Crippen LogP contribution in [0.3, 0.4) is 0 Å². The largest absolute Gasteiger partial charge is 0.203 e. The summed E-state index contributed by atoms with van der Waals surface area (Å²) in [4.78, 5) is 0. The standard InChI is InChI=1S/C27H38F2/c1-3-7-21-10-12-22(13-11-21)8-5-6-9-24-18-19-25(27(29)26(24)28)23-16-14-20(4-2)15-17-23/h5,8,10,18-20,22-23H,3-4,6-7,9,11-17H2,1-2H3/b8-5+. The summed E-state index contributed by atoms with van der Waals surface area (Å²) < 4.78 is 29.4. The molecule has 29 heavy (non-hydrogen) atoms. The Morgan fingerprint density at radius 2 is 1.76 bits per heavy atom. The molecule has 1 unspecified atom stereocenters. The van der Waals surface area contributed by atoms with E-state index in [1.807, 2.05) is 12.1 Å². The molecule has 0 aromatic heterocycles. The summed E-state index contributed by atoms with van der Waals surface area (Å²) in [5.74, 6) is 0.366. The molecule has 0 heterocycles. The molecule has 0 amide bonds. The van der Waals surface area contributed by atoms with E-state index in [0.717, 1.165) is 44.4 Å². The number of benzene rings is 1. The lowest BCUT2D eigenvalue weighted by atomic mass is 9.77. The number of rotatable bonds is 8. The van der Waals surface area contributed by atoms with Crippen molar-refractivity contribution in [2.75, 3.05) is 0 Å². The lowest BCUT2D eigenvalue weighted by molar-refractivity contribution is 0.312. The van der Waals surface area contributed by atoms with Gasteiger partial charge in [0.1, 0.15) is 0 Å². The molecular formula is C27H38F2. The third-order valence-electron chi connectivity index (χ3n) is 7.16. The maximum atomic E-state index is 14.7. The van der Waals surface area contributed by atoms with Crippen molar-refractivity contribution in [3.8, 4) is 0 Å². The van der Waals surface area contributed by atoms with Gasteiger partial charge in [0.2, 0.25) is 0 Å². The van der Waals surface area contributed by atoms with E-state index >= 15 is 0 Å². The van der Waals surface area contributed by atoms with Crippen molar-refractivity contribution < 1.29 is 8.78 Å². The van der Waals surface area contributed by atoms with Gasteiger partial charge in [-0.15, -0.1) is 0 Å². The van der Waals surface area contributed by atoms with Crippen LogP contribution in [-0.2, 0) is 6.42 Å². The molecule has 0 saturated heterocycles. The highest BCUT2D eigenvalue weighted by atomic mass is 19.2. The van der Waals surface area contributed by atoms with Crippen LogP contribution in [0.1, 0.15) is 102 Å². The summed E-state index contributed by atoms with van der Waals surface area (Å²) in [6, 6.07) is 3.68. The maximum absolute atomic E-state index is 14.7. The highest BCUT2D eigenvalue weighted by molar-refractivity contribution is 5.29. The second-order valence-electron chi connectivity index (χ2n) is 9.18. The Hall–Kier alpha value is -1.44. The van der Waals surface area contributed by atoms with Crippen LogP contribution in [0.5, 0.6) is 0 Å². The summed E-state index contributed by atoms with van der Waals surface area (Å²) in [5.41, 5.74) is 2.73. The molecule has 0 bridgehead atoms. The van der Waals surface area contributed by atoms with Crippen molar-refractivity contribution in [1.82, 2.24) is 0 Å². The van der Waals surface area contributed by atoms with Gasteiger partial charge in [0, 0.05) is 0 Å². The zero-order chi connectivity index (χ0) is 20.6. The second-order valence-corrected chi connectivity index (χ2v) is 9.18. The predicted octanol–water partition coefficient (Wildman–Crippen LogP) is 8.66. The normalized spacial score (nSPS) is 25.4. The van der Waals surface area contributed by atoms with Crippen LogP contribution in [0.4, 0.5) is 8.78 Å². The van der Waals surface area contributed by atoms with Gasteiger partial charge in [-0.2, -0.15) is 0 Å². The highest BCUT2D eigenvalue weighted by Gasteiger charge is 2.25. The SMILES string of the molecule is CCCC1=CCC(/C=C/CCc2ccc(C3CCC(CC)CC3)c(F)c2F)CC1. The van der Waals surface area contributed by atoms with Crippen LogP contribution in [0, 0.1) is 23.5 Å². The highest BCUT2D eigenvalue weighted by Crippen LogP contribution is 2.38. The van der Waals surface area contributed by atoms with E-state index in [4.69, 9.17) is 0 Å². The molecule has 160 valence electrons. The van der Waals surface area contributed by atoms with Gasteiger partial charge in [0.15, 0.2) is 11.6 Å². The first-order chi connectivity index (χ1) is 14.1. The van der Waals surface area contributed by atoms with Crippen LogP contribution >= 0.6 is 0 Å². The molecule has 1 aromatic carbocycles. The average molecular weight is 401 g/mol. The number of hydrogen-bond acceptors (Lipinski definition) is 0. The second kappa shape index (κ2) is 11.1. The summed E-state index contributed by atoms with van der Waals surface area (Å²) in [5, 5.41) is 0. The van der Waals surface area contributed by atoms with Crippen molar-refractivity contribution in [3.63, 3.8) is 0 Å². The number of hydrogen-bond donors (Lipinski definition) is 0. The molecule has 3 rings (SSSR count). The average Bonchev–Trinajstić information content (AvgIpc) is 2.75. The first kappa shape index (κ1) is 22.2. The third-order valence-corrected chi connectivity index (χ3v) is 7.16. The zero-order valence-corrected chi connectivity index (χ0v) is 18.4. The fraction of sp³-hybridized carbons (Fsp3) is 0.630. The first-order valence-electron chi connectivity index (χ1n) is 11.9. The molecule has 1 aromatic rings. The monoisotopic (exact) mass is 400 g/mol. The molecule has 0 radical (unpaired) electrons. The minimum absolute atomic E-state index is 0.193. The molecule has 0 nitrogen and oxygen atoms in total. The zero-order valence-electron chi connectivity index (χ0n) is 18.4. The first-order valence-corrected chi connectivity index (χ1v) is 11.9. The molecule has 1 saturated carbocycles. The molecular weight excluding hydrogens is 362 g/mol. The van der Waals surface area contributed by atoms with E-state index in [2.05, 4.69) is 32.1 Å². The van der Waals surface area contributed by atoms with Gasteiger partial charge in [-0.05, 0) is 93.1 Å². The minimum Gasteiger partial charge on any atom is -0.203 e. The number of aryl methyl sites for hydroxylation is 1. The molecule has 0 aliphatic heterocycles. The van der Waals surface area contributed by atoms with Crippen molar-refractivity contribution in [3.05, 3.63) is 58.7 Å². The van der Waals surface area contributed by atoms with E-state index in [-0.39, 0.29) is 5.92 Å². The van der Waals surface area contributed by atoms with E-state index in [1.54, 1.807) is 5.57 Å². The fourth-order valence-electron chi connectivity index (χ4n) is 5.15. The predicted molar refractivity (Wildman–Crippen MR) is 119 cm³/mol. The quantitative estimate of drug-likeness (QED) is 0.383. The Balaban J connectivity index is 1.51. The summed E-state index contributed by atoms with van der Waals surface area (Å²) in [6.07, 6.45) is 19.7. The molecule has 0 spiro atoms. The van der Waals surface area contributed by atoms with E-state index in [0.29, 0.717) is 23.5 Å². The van der Waals surface area contributed by atoms with Crippen LogP contribution < -0.4 is 0 Å². The summed E-state index contributed by atoms with van der Waals surface area (Å²) in [7, 11) is 0. The Morgan fingerprint density at radius 1 is 0.966 bits per heavy atom. The third kappa shape index (κ3) is 6.03. The fourth-order valence-corrected chi connectivity index (χ4v) is 5.15. The van der Waals surface area contributed by atoms with E-state index in [9.17, 15) is 8.78 Å². The Kier molecular flexibility index (Phi) is 8.51. The topological polar surface area (TPSA) is 0 Å². The van der Waals surface area contributed by atoms with Crippen molar-refractivity contribution in [2.45, 2.75) is 96.8 Å². The Labute approximate surface area is 176 Å². The molecule has 0 N–H and O–H groups in total. The maximum Gasteiger partial charge on any atom is 0.162 e. The van der Waals surface area contributed by atoms with Gasteiger partial charge < -0.3 is 0 Å². The van der Waals surface area contributed by atoms with Gasteiger partial charge in [-0.25, -0.2) is 8.78 Å². The summed E-state index contributed by atoms with van der Waals surface area (Å²) >= 11 is 0. The lowest BCUT2D eigenvalue weighted by Crippen LogP contribution is -2.14. The van der Waals surface area contributed by atoms with Crippen molar-refractivity contribution >= 4 is 0 Å². The van der Waals surface area contributed by atoms with Crippen LogP contribution in [-0.4, -0.2) is 0 Å². The van der Waals surface area contributed by atoms with Crippen LogP contribution in [0.2, 0.25) is 0 Å². The van der Waals surface area contributed by atoms with Crippen molar-refractivity contribution in [1.29, 1.82) is 0 Å². The Bertz CT molecular complexity index is 707. The Morgan fingerprint density at radius 3 is 2.41 bits per heavy atom. The van der Waals surface area contributed by atoms with Crippen LogP contribution in [0.25, 0.3) is 0 Å². The number of halogens is 2. The lowest BCUT2D eigenvalue weighted by Gasteiger charge is -2.28. The molecule has 1 atom stereocenters. The van der Waals surface area contributed by atoms with E-state index in [1.165, 1.54) is 32.1 Å². The van der Waals surface area contributed by atoms with Gasteiger partial charge in [-0.3, -0.25) is 0 Å². The smallest absolute Gasteiger partial charge is 0.162 e. The minimum atomic E-state index is -0.613. The van der Waals surface area contributed by atoms with Gasteiger partial charge in [-0.1, -0.05) is 62.6 Å². The molecule has 2 heteroatoms. The van der Waals surface area contributed by atoms with Gasteiger partial charge in [0.05, 0.1) is 0 Å². The van der Waals surface area contributed by atoms with E-state index < -0.39 is 11.6 Å². The molecule has 2 aliphatic rings. The van der Waals surface area contributed by atoms with Gasteiger partial charge >= 0.3 is 0 Å². The van der Waals surface area contributed by atoms with Crippen LogP contribution in [0.15, 0.2) is 35.9 Å². The molecule has 2 aliphatic carbocycles. The van der Waals surface area contributed by atoms with Crippen molar-refractivity contribution in [2.24, 2.45) is 11.8 Å². The molecule has 1 fully saturated rings. The summed E-state index contributed by atoms with van der Waals surface area (Å²) in [6.45, 7) is 4.46. The van der Waals surface area contributed by atoms with Gasteiger partial charge in [0.25, 0.3) is 0 Å².